The third-order valence-corrected chi connectivity index (χ3v) is 22.3. The molecule has 3 aromatic carbocycles. The van der Waals surface area contributed by atoms with Crippen molar-refractivity contribution in [3.05, 3.63) is 54.6 Å². The van der Waals surface area contributed by atoms with Crippen LogP contribution in [-0.2, 0) is 10.9 Å². The molecule has 0 amide bonds. The van der Waals surface area contributed by atoms with Gasteiger partial charge in [-0.15, -0.1) is 0 Å². The second kappa shape index (κ2) is 71.7. The van der Waals surface area contributed by atoms with Gasteiger partial charge in [0.25, 0.3) is 9.79 Å². The first-order valence-corrected chi connectivity index (χ1v) is 44.9. The summed E-state index contributed by atoms with van der Waals surface area (Å²) in [4.78, 5) is 11.8. The first-order chi connectivity index (χ1) is 49.8. The Morgan fingerprint density at radius 3 is 0.604 bits per heavy atom. The Balaban J connectivity index is 0.00000843. The average Bonchev–Trinajstić information content (AvgIpc) is 0.758. The van der Waals surface area contributed by atoms with Crippen LogP contribution in [0.5, 0.6) is 34.5 Å². The van der Waals surface area contributed by atoms with Crippen LogP contribution < -0.4 is 33.5 Å². The molecule has 584 valence electrons. The molecule has 0 aliphatic carbocycles. The van der Waals surface area contributed by atoms with Crippen LogP contribution in [0, 0.1) is 0 Å². The van der Waals surface area contributed by atoms with Gasteiger partial charge in [0.05, 0.1) is 39.6 Å². The molecule has 0 spiro atoms. The van der Waals surface area contributed by atoms with E-state index in [4.69, 9.17) is 43.4 Å². The van der Waals surface area contributed by atoms with E-state index in [-0.39, 0.29) is 0 Å². The molecule has 10 heteroatoms. The highest BCUT2D eigenvalue weighted by Gasteiger charge is 2.43. The Morgan fingerprint density at radius 1 is 0.267 bits per heavy atom. The van der Waals surface area contributed by atoms with Gasteiger partial charge in [-0.05, 0) is 50.7 Å². The van der Waals surface area contributed by atoms with Gasteiger partial charge >= 0.3 is 0 Å². The first-order valence-electron chi connectivity index (χ1n) is 43.7. The molecule has 9 nitrogen and oxygen atoms in total. The van der Waals surface area contributed by atoms with E-state index in [1.165, 1.54) is 352 Å². The number of carboxylic acid groups (broad SMARTS) is 2. The third kappa shape index (κ3) is 53.5. The van der Waals surface area contributed by atoms with Crippen molar-refractivity contribution in [1.29, 1.82) is 0 Å². The van der Waals surface area contributed by atoms with Gasteiger partial charge in [-0.2, -0.15) is 0 Å². The zero-order valence-electron chi connectivity index (χ0n) is 67.0. The van der Waals surface area contributed by atoms with Crippen LogP contribution in [0.25, 0.3) is 0 Å². The standard InChI is InChI=1S/C90H159O6S.CH2O3/c1-7-13-19-25-31-37-43-49-55-64-72-91-82-78-85(93-74-66-57-51-45-39-33-27-21-15-9-3)89(86(79-82)94-75-67-58-52-46-40-34-28-22-16-10-4)97(84-70-62-61-63-71-84)90-87(95-76-68-59-53-47-41-35-29-23-17-11-5)80-83(92-73-65-56-50-44-38-32-26-20-14-8-2)81-88(90)96-77-69-60-54-48-42-36-30-24-18-12-6;2-1(3)4/h61-63,70-71,78-81H,7-60,64-69,72-77H2,1-6H3;(H2,2,3,4)/q+1;/p-1. The van der Waals surface area contributed by atoms with Gasteiger partial charge < -0.3 is 43.4 Å². The van der Waals surface area contributed by atoms with Gasteiger partial charge in [0.2, 0.25) is 6.16 Å². The highest BCUT2D eigenvalue weighted by molar-refractivity contribution is 7.97. The molecule has 0 radical (unpaired) electrons. The molecule has 101 heavy (non-hydrogen) atoms. The van der Waals surface area contributed by atoms with Crippen LogP contribution >= 0.6 is 0 Å². The summed E-state index contributed by atoms with van der Waals surface area (Å²) in [5.41, 5.74) is 0. The van der Waals surface area contributed by atoms with E-state index in [9.17, 15) is 0 Å². The largest absolute Gasteiger partial charge is 0.565 e. The highest BCUT2D eigenvalue weighted by atomic mass is 32.2. The zero-order chi connectivity index (χ0) is 72.6. The Morgan fingerprint density at radius 2 is 0.426 bits per heavy atom. The summed E-state index contributed by atoms with van der Waals surface area (Å²) in [6.45, 7) is 17.8. The monoisotopic (exact) mass is 1430 g/mol. The maximum atomic E-state index is 8.44. The number of ether oxygens (including phenoxy) is 6. The number of unbranched alkanes of at least 4 members (excludes halogenated alkanes) is 54. The summed E-state index contributed by atoms with van der Waals surface area (Å²) in [5, 5.41) is 15.3. The highest BCUT2D eigenvalue weighted by Crippen LogP contribution is 2.51. The van der Waals surface area contributed by atoms with E-state index >= 15 is 0 Å². The van der Waals surface area contributed by atoms with Crippen LogP contribution in [0.1, 0.15) is 427 Å². The summed E-state index contributed by atoms with van der Waals surface area (Å²) < 4.78 is 43.2. The minimum atomic E-state index is -2.08. The smallest absolute Gasteiger partial charge is 0.250 e. The molecule has 0 bridgehead atoms. The van der Waals surface area contributed by atoms with Crippen molar-refractivity contribution in [2.45, 2.75) is 441 Å². The molecule has 0 atom stereocenters. The van der Waals surface area contributed by atoms with E-state index in [1.54, 1.807) is 0 Å². The number of hydrogen-bond acceptors (Lipinski definition) is 8. The van der Waals surface area contributed by atoms with Crippen LogP contribution in [0.3, 0.4) is 0 Å². The van der Waals surface area contributed by atoms with Crippen molar-refractivity contribution in [2.75, 3.05) is 39.6 Å². The van der Waals surface area contributed by atoms with Gasteiger partial charge in [-0.3, -0.25) is 0 Å². The second-order valence-electron chi connectivity index (χ2n) is 29.6. The fourth-order valence-electron chi connectivity index (χ4n) is 13.6. The zero-order valence-corrected chi connectivity index (χ0v) is 67.8. The molecule has 0 unspecified atom stereocenters. The van der Waals surface area contributed by atoms with Crippen molar-refractivity contribution in [3.8, 4) is 34.5 Å². The summed E-state index contributed by atoms with van der Waals surface area (Å²) in [6, 6.07) is 20.2. The molecule has 0 fully saturated rings. The maximum Gasteiger partial charge on any atom is 0.250 e. The SMILES string of the molecule is CCCCCCCCCCCCOc1cc(OCCCCCCCCCCCC)c([S+](c2ccccc2)c2c(OCCCCCCCCCCCC)cc(OCCCCCCCCCCCC)cc2OCCCCCCCCCCCC)c(OCCCCCCCCCCCC)c1.O=C([O-])O. The summed E-state index contributed by atoms with van der Waals surface area (Å²) in [7, 11) is -0.781. The fraction of sp³-hybridized carbons (Fsp3) is 0.791. The van der Waals surface area contributed by atoms with Gasteiger partial charge in [0.15, 0.2) is 27.9 Å². The lowest BCUT2D eigenvalue weighted by Gasteiger charge is -2.22. The molecule has 0 saturated heterocycles. The number of hydrogen-bond donors (Lipinski definition) is 1. The number of benzene rings is 3. The van der Waals surface area contributed by atoms with E-state index in [0.717, 1.165) is 82.8 Å². The van der Waals surface area contributed by atoms with Crippen LogP contribution in [0.4, 0.5) is 4.79 Å². The lowest BCUT2D eigenvalue weighted by Crippen LogP contribution is -2.17. The predicted molar refractivity (Wildman–Crippen MR) is 434 cm³/mol. The molecular weight excluding hydrogens is 1270 g/mol. The molecule has 1 N–H and O–H groups in total. The Bertz CT molecular complexity index is 2010. The van der Waals surface area contributed by atoms with Crippen molar-refractivity contribution in [2.24, 2.45) is 0 Å². The average molecular weight is 1430 g/mol. The van der Waals surface area contributed by atoms with Crippen molar-refractivity contribution < 1.29 is 43.4 Å². The van der Waals surface area contributed by atoms with Crippen LogP contribution in [-0.4, -0.2) is 50.9 Å². The molecule has 0 saturated carbocycles. The Kier molecular flexibility index (Phi) is 66.1. The minimum Gasteiger partial charge on any atom is -0.565 e. The second-order valence-corrected chi connectivity index (χ2v) is 31.5. The molecule has 0 aliphatic heterocycles. The molecular formula is C91H160O9S. The van der Waals surface area contributed by atoms with Gasteiger partial charge in [0.1, 0.15) is 22.4 Å². The number of rotatable bonds is 75. The normalized spacial score (nSPS) is 11.3. The summed E-state index contributed by atoms with van der Waals surface area (Å²) >= 11 is 0. The van der Waals surface area contributed by atoms with Crippen molar-refractivity contribution >= 4 is 17.1 Å². The quantitative estimate of drug-likeness (QED) is 0.0436. The molecule has 0 heterocycles. The Hall–Kier alpha value is -3.92. The van der Waals surface area contributed by atoms with E-state index in [0.29, 0.717) is 39.6 Å². The number of carbonyl (C=O) groups is 1. The van der Waals surface area contributed by atoms with Gasteiger partial charge in [-0.25, -0.2) is 0 Å². The lowest BCUT2D eigenvalue weighted by atomic mass is 10.1. The minimum absolute atomic E-state index is 0.644. The van der Waals surface area contributed by atoms with E-state index in [2.05, 4.69) is 96.1 Å². The molecule has 0 aliphatic rings. The molecule has 0 aromatic heterocycles. The van der Waals surface area contributed by atoms with E-state index in [1.807, 2.05) is 0 Å². The van der Waals surface area contributed by atoms with Crippen LogP contribution in [0.15, 0.2) is 69.3 Å². The Labute approximate surface area is 627 Å². The topological polar surface area (TPSA) is 116 Å². The van der Waals surface area contributed by atoms with Crippen molar-refractivity contribution in [1.82, 2.24) is 0 Å². The van der Waals surface area contributed by atoms with Crippen LogP contribution in [0.2, 0.25) is 0 Å². The molecule has 3 aromatic rings. The third-order valence-electron chi connectivity index (χ3n) is 19.9. The first kappa shape index (κ1) is 93.2. The summed E-state index contributed by atoms with van der Waals surface area (Å²) in [6.07, 6.45) is 75.3. The molecule has 3 rings (SSSR count). The van der Waals surface area contributed by atoms with Crippen molar-refractivity contribution in [3.63, 3.8) is 0 Å². The maximum absolute atomic E-state index is 8.44. The fourth-order valence-corrected chi connectivity index (χ4v) is 16.0. The van der Waals surface area contributed by atoms with Gasteiger partial charge in [-0.1, -0.05) is 406 Å². The van der Waals surface area contributed by atoms with E-state index < -0.39 is 17.1 Å². The summed E-state index contributed by atoms with van der Waals surface area (Å²) in [5.74, 6) is 5.15. The van der Waals surface area contributed by atoms with Gasteiger partial charge in [0, 0.05) is 24.3 Å². The lowest BCUT2D eigenvalue weighted by molar-refractivity contribution is -0.275. The predicted octanol–water partition coefficient (Wildman–Crippen LogP) is 29.5.